The van der Waals surface area contributed by atoms with Crippen molar-refractivity contribution in [1.82, 2.24) is 0 Å². The molecule has 2 unspecified atom stereocenters. The molecule has 0 aliphatic carbocycles. The second kappa shape index (κ2) is 7.43. The van der Waals surface area contributed by atoms with Gasteiger partial charge >= 0.3 is 5.97 Å². The van der Waals surface area contributed by atoms with Gasteiger partial charge in [0.05, 0.1) is 12.7 Å². The molecule has 0 aromatic heterocycles. The number of rotatable bonds is 3. The number of hydrogen-bond donors (Lipinski definition) is 2. The molecule has 0 saturated heterocycles. The van der Waals surface area contributed by atoms with E-state index in [9.17, 15) is 14.9 Å². The fraction of sp³-hybridized carbons (Fsp3) is 0.182. The predicted molar refractivity (Wildman–Crippen MR) is 112 cm³/mol. The minimum absolute atomic E-state index is 0.0357. The van der Waals surface area contributed by atoms with Gasteiger partial charge in [0.2, 0.25) is 11.8 Å². The van der Waals surface area contributed by atoms with Crippen LogP contribution in [0.2, 0.25) is 0 Å². The Morgan fingerprint density at radius 1 is 1.33 bits per heavy atom. The number of anilines is 1. The van der Waals surface area contributed by atoms with Crippen LogP contribution in [0.3, 0.4) is 0 Å². The molecule has 7 nitrogen and oxygen atoms in total. The van der Waals surface area contributed by atoms with E-state index in [1.807, 2.05) is 6.07 Å². The summed E-state index contributed by atoms with van der Waals surface area (Å²) in [6.45, 7) is 1.72. The van der Waals surface area contributed by atoms with E-state index < -0.39 is 29.1 Å². The van der Waals surface area contributed by atoms with Gasteiger partial charge in [0, 0.05) is 15.7 Å². The standard InChI is InChI=1S/C22H16BrN3O4/c1-2-29-20(27)17-18(12-6-4-3-5-7-12)30-19(25)15(11-24)22(17)14-10-13(23)8-9-16(14)26-21(22)28/h3-10,15,25H,2H2,1H3,(H,26,28). The van der Waals surface area contributed by atoms with E-state index >= 15 is 0 Å². The van der Waals surface area contributed by atoms with Crippen molar-refractivity contribution in [3.8, 4) is 6.07 Å². The molecule has 1 spiro atoms. The summed E-state index contributed by atoms with van der Waals surface area (Å²) in [6, 6.07) is 15.8. The highest BCUT2D eigenvalue weighted by molar-refractivity contribution is 9.10. The van der Waals surface area contributed by atoms with Gasteiger partial charge in [0.25, 0.3) is 0 Å². The number of nitrogens with zero attached hydrogens (tertiary/aromatic N) is 1. The fourth-order valence-corrected chi connectivity index (χ4v) is 4.34. The summed E-state index contributed by atoms with van der Waals surface area (Å²) in [5, 5.41) is 21.1. The summed E-state index contributed by atoms with van der Waals surface area (Å²) in [6.07, 6.45) is 0. The van der Waals surface area contributed by atoms with Crippen LogP contribution in [0.4, 0.5) is 5.69 Å². The lowest BCUT2D eigenvalue weighted by molar-refractivity contribution is -0.141. The van der Waals surface area contributed by atoms with Gasteiger partial charge < -0.3 is 14.8 Å². The highest BCUT2D eigenvalue weighted by atomic mass is 79.9. The average Bonchev–Trinajstić information content (AvgIpc) is 3.00. The van der Waals surface area contributed by atoms with Crippen LogP contribution in [0.1, 0.15) is 18.1 Å². The molecule has 2 aromatic carbocycles. The highest BCUT2D eigenvalue weighted by Gasteiger charge is 2.63. The second-order valence-corrected chi connectivity index (χ2v) is 7.69. The molecule has 2 aliphatic heterocycles. The van der Waals surface area contributed by atoms with Gasteiger partial charge in [0.1, 0.15) is 22.7 Å². The fourth-order valence-electron chi connectivity index (χ4n) is 3.97. The minimum Gasteiger partial charge on any atom is -0.462 e. The van der Waals surface area contributed by atoms with Gasteiger partial charge in [-0.3, -0.25) is 10.2 Å². The quantitative estimate of drug-likeness (QED) is 0.669. The molecule has 4 rings (SSSR count). The first kappa shape index (κ1) is 19.9. The Kier molecular flexibility index (Phi) is 4.92. The Balaban J connectivity index is 2.14. The lowest BCUT2D eigenvalue weighted by Gasteiger charge is -2.38. The molecule has 30 heavy (non-hydrogen) atoms. The summed E-state index contributed by atoms with van der Waals surface area (Å²) in [5.74, 6) is -3.07. The first-order valence-electron chi connectivity index (χ1n) is 9.19. The number of nitrogens with one attached hydrogen (secondary N) is 2. The minimum atomic E-state index is -1.78. The molecule has 0 fully saturated rings. The summed E-state index contributed by atoms with van der Waals surface area (Å²) >= 11 is 3.40. The van der Waals surface area contributed by atoms with Crippen molar-refractivity contribution in [2.24, 2.45) is 5.92 Å². The maximum atomic E-state index is 13.5. The third-order valence-electron chi connectivity index (χ3n) is 5.19. The molecule has 0 saturated carbocycles. The van der Waals surface area contributed by atoms with E-state index in [0.717, 1.165) is 0 Å². The molecule has 0 bridgehead atoms. The van der Waals surface area contributed by atoms with Crippen molar-refractivity contribution in [3.63, 3.8) is 0 Å². The van der Waals surface area contributed by atoms with Crippen LogP contribution in [0.15, 0.2) is 58.6 Å². The Morgan fingerprint density at radius 2 is 2.07 bits per heavy atom. The van der Waals surface area contributed by atoms with Crippen molar-refractivity contribution < 1.29 is 19.1 Å². The van der Waals surface area contributed by atoms with Gasteiger partial charge in [-0.15, -0.1) is 0 Å². The van der Waals surface area contributed by atoms with Crippen molar-refractivity contribution in [3.05, 3.63) is 69.7 Å². The molecule has 2 aliphatic rings. The van der Waals surface area contributed by atoms with E-state index in [2.05, 4.69) is 21.2 Å². The molecule has 2 atom stereocenters. The molecular weight excluding hydrogens is 450 g/mol. The molecule has 2 aromatic rings. The lowest BCUT2D eigenvalue weighted by atomic mass is 9.64. The number of carbonyl (C=O) groups is 2. The number of halogens is 1. The van der Waals surface area contributed by atoms with Crippen molar-refractivity contribution in [2.45, 2.75) is 12.3 Å². The summed E-state index contributed by atoms with van der Waals surface area (Å²) in [7, 11) is 0. The van der Waals surface area contributed by atoms with E-state index in [1.54, 1.807) is 55.5 Å². The summed E-state index contributed by atoms with van der Waals surface area (Å²) < 4.78 is 11.6. The Hall–Kier alpha value is -3.44. The third kappa shape index (κ3) is 2.74. The molecule has 8 heteroatoms. The number of amides is 1. The highest BCUT2D eigenvalue weighted by Crippen LogP contribution is 2.54. The van der Waals surface area contributed by atoms with Crippen LogP contribution in [-0.4, -0.2) is 24.4 Å². The monoisotopic (exact) mass is 465 g/mol. The zero-order valence-corrected chi connectivity index (χ0v) is 17.4. The first-order valence-corrected chi connectivity index (χ1v) is 9.99. The van der Waals surface area contributed by atoms with Crippen LogP contribution in [0.5, 0.6) is 0 Å². The lowest BCUT2D eigenvalue weighted by Crippen LogP contribution is -2.52. The number of benzene rings is 2. The van der Waals surface area contributed by atoms with E-state index in [0.29, 0.717) is 21.3 Å². The molecular formula is C22H16BrN3O4. The third-order valence-corrected chi connectivity index (χ3v) is 5.68. The first-order chi connectivity index (χ1) is 14.4. The van der Waals surface area contributed by atoms with E-state index in [1.165, 1.54) is 0 Å². The maximum absolute atomic E-state index is 13.5. The summed E-state index contributed by atoms with van der Waals surface area (Å²) in [5.41, 5.74) is -0.490. The topological polar surface area (TPSA) is 112 Å². The molecule has 2 heterocycles. The van der Waals surface area contributed by atoms with Gasteiger partial charge in [-0.05, 0) is 30.7 Å². The molecule has 0 radical (unpaired) electrons. The zero-order valence-electron chi connectivity index (χ0n) is 15.9. The van der Waals surface area contributed by atoms with Gasteiger partial charge in [-0.2, -0.15) is 5.26 Å². The van der Waals surface area contributed by atoms with Crippen LogP contribution in [0.25, 0.3) is 5.76 Å². The Labute approximate surface area is 180 Å². The molecule has 150 valence electrons. The van der Waals surface area contributed by atoms with Crippen LogP contribution < -0.4 is 5.32 Å². The number of esters is 1. The number of hydrogen-bond acceptors (Lipinski definition) is 6. The number of carbonyl (C=O) groups excluding carboxylic acids is 2. The summed E-state index contributed by atoms with van der Waals surface area (Å²) in [4.78, 5) is 26.7. The molecule has 1 amide bonds. The van der Waals surface area contributed by atoms with E-state index in [-0.39, 0.29) is 17.9 Å². The number of nitriles is 1. The normalized spacial score (nSPS) is 22.2. The maximum Gasteiger partial charge on any atom is 0.339 e. The van der Waals surface area contributed by atoms with Crippen LogP contribution in [0, 0.1) is 22.7 Å². The van der Waals surface area contributed by atoms with Gasteiger partial charge in [-0.25, -0.2) is 4.79 Å². The number of ether oxygens (including phenoxy) is 2. The zero-order chi connectivity index (χ0) is 21.5. The SMILES string of the molecule is CCOC(=O)C1=C(c2ccccc2)OC(=N)C(C#N)C12C(=O)Nc1ccc(Br)cc12. The largest absolute Gasteiger partial charge is 0.462 e. The van der Waals surface area contributed by atoms with Crippen molar-refractivity contribution in [2.75, 3.05) is 11.9 Å². The number of fused-ring (bicyclic) bond motifs is 2. The van der Waals surface area contributed by atoms with Gasteiger partial charge in [-0.1, -0.05) is 46.3 Å². The smallest absolute Gasteiger partial charge is 0.339 e. The van der Waals surface area contributed by atoms with Crippen molar-refractivity contribution in [1.29, 1.82) is 10.7 Å². The van der Waals surface area contributed by atoms with Crippen LogP contribution in [-0.2, 0) is 24.5 Å². The second-order valence-electron chi connectivity index (χ2n) is 6.77. The predicted octanol–water partition coefficient (Wildman–Crippen LogP) is 3.76. The molecule has 2 N–H and O–H groups in total. The Bertz CT molecular complexity index is 1150. The Morgan fingerprint density at radius 3 is 2.73 bits per heavy atom. The average molecular weight is 466 g/mol. The van der Waals surface area contributed by atoms with Crippen molar-refractivity contribution >= 4 is 45.2 Å². The van der Waals surface area contributed by atoms with Crippen LogP contribution >= 0.6 is 15.9 Å². The van der Waals surface area contributed by atoms with E-state index in [4.69, 9.17) is 14.9 Å². The van der Waals surface area contributed by atoms with Gasteiger partial charge in [0.15, 0.2) is 0 Å².